The van der Waals surface area contributed by atoms with Crippen molar-refractivity contribution in [3.05, 3.63) is 59.1 Å². The standard InChI is InChI=1S/C17H16ClNO/c1-11(19-2)12-5-3-6-13(9-12)16-10-14-7-4-8-15(18)17(14)20-16/h3-11,19H,1-2H3. The molecule has 1 unspecified atom stereocenters. The Morgan fingerprint density at radius 2 is 1.90 bits per heavy atom. The number of benzene rings is 2. The molecule has 0 bridgehead atoms. The first-order valence-electron chi connectivity index (χ1n) is 6.64. The Labute approximate surface area is 123 Å². The summed E-state index contributed by atoms with van der Waals surface area (Å²) >= 11 is 6.16. The molecule has 3 heteroatoms. The largest absolute Gasteiger partial charge is 0.455 e. The molecule has 1 atom stereocenters. The maximum absolute atomic E-state index is 6.16. The number of hydrogen-bond donors (Lipinski definition) is 1. The van der Waals surface area contributed by atoms with Gasteiger partial charge in [0.2, 0.25) is 0 Å². The third-order valence-electron chi connectivity index (χ3n) is 3.60. The van der Waals surface area contributed by atoms with Gasteiger partial charge in [-0.1, -0.05) is 41.9 Å². The van der Waals surface area contributed by atoms with Gasteiger partial charge in [-0.2, -0.15) is 0 Å². The van der Waals surface area contributed by atoms with E-state index in [1.807, 2.05) is 37.4 Å². The summed E-state index contributed by atoms with van der Waals surface area (Å²) in [5.74, 6) is 0.846. The second-order valence-electron chi connectivity index (χ2n) is 4.90. The van der Waals surface area contributed by atoms with E-state index < -0.39 is 0 Å². The van der Waals surface area contributed by atoms with Crippen molar-refractivity contribution in [3.8, 4) is 11.3 Å². The van der Waals surface area contributed by atoms with E-state index in [0.717, 1.165) is 22.3 Å². The van der Waals surface area contributed by atoms with Crippen LogP contribution in [-0.2, 0) is 0 Å². The number of rotatable bonds is 3. The highest BCUT2D eigenvalue weighted by Gasteiger charge is 2.10. The quantitative estimate of drug-likeness (QED) is 0.730. The highest BCUT2D eigenvalue weighted by molar-refractivity contribution is 6.34. The van der Waals surface area contributed by atoms with E-state index >= 15 is 0 Å². The van der Waals surface area contributed by atoms with Gasteiger partial charge < -0.3 is 9.73 Å². The minimum atomic E-state index is 0.308. The predicted octanol–water partition coefficient (Wildman–Crippen LogP) is 5.03. The number of fused-ring (bicyclic) bond motifs is 1. The van der Waals surface area contributed by atoms with Crippen molar-refractivity contribution in [2.75, 3.05) is 7.05 Å². The molecule has 0 aliphatic carbocycles. The van der Waals surface area contributed by atoms with E-state index in [9.17, 15) is 0 Å². The lowest BCUT2D eigenvalue weighted by atomic mass is 10.0. The van der Waals surface area contributed by atoms with Crippen LogP contribution >= 0.6 is 11.6 Å². The topological polar surface area (TPSA) is 25.2 Å². The van der Waals surface area contributed by atoms with Crippen molar-refractivity contribution in [1.29, 1.82) is 0 Å². The number of halogens is 1. The van der Waals surface area contributed by atoms with E-state index in [4.69, 9.17) is 16.0 Å². The minimum Gasteiger partial charge on any atom is -0.455 e. The molecule has 0 amide bonds. The molecular formula is C17H16ClNO. The summed E-state index contributed by atoms with van der Waals surface area (Å²) in [6, 6.07) is 16.5. The minimum absolute atomic E-state index is 0.308. The van der Waals surface area contributed by atoms with Gasteiger partial charge in [0.05, 0.1) is 5.02 Å². The van der Waals surface area contributed by atoms with E-state index in [1.54, 1.807) is 0 Å². The predicted molar refractivity (Wildman–Crippen MR) is 84.1 cm³/mol. The molecule has 2 aromatic carbocycles. The summed E-state index contributed by atoms with van der Waals surface area (Å²) in [6.07, 6.45) is 0. The molecule has 1 heterocycles. The fourth-order valence-electron chi connectivity index (χ4n) is 2.30. The monoisotopic (exact) mass is 285 g/mol. The lowest BCUT2D eigenvalue weighted by Gasteiger charge is -2.11. The van der Waals surface area contributed by atoms with Gasteiger partial charge in [-0.15, -0.1) is 0 Å². The summed E-state index contributed by atoms with van der Waals surface area (Å²) in [6.45, 7) is 2.13. The lowest BCUT2D eigenvalue weighted by molar-refractivity contribution is 0.629. The van der Waals surface area contributed by atoms with Gasteiger partial charge in [0.1, 0.15) is 5.76 Å². The second-order valence-corrected chi connectivity index (χ2v) is 5.31. The average Bonchev–Trinajstić information content (AvgIpc) is 2.92. The van der Waals surface area contributed by atoms with Crippen LogP contribution in [0.5, 0.6) is 0 Å². The first-order valence-corrected chi connectivity index (χ1v) is 7.02. The van der Waals surface area contributed by atoms with E-state index in [-0.39, 0.29) is 0 Å². The highest BCUT2D eigenvalue weighted by atomic mass is 35.5. The van der Waals surface area contributed by atoms with Crippen molar-refractivity contribution in [2.24, 2.45) is 0 Å². The molecule has 0 saturated heterocycles. The van der Waals surface area contributed by atoms with Gasteiger partial charge in [0.15, 0.2) is 5.58 Å². The fraction of sp³-hybridized carbons (Fsp3) is 0.176. The Bertz CT molecular complexity index is 748. The third kappa shape index (κ3) is 2.33. The normalized spacial score (nSPS) is 12.8. The van der Waals surface area contributed by atoms with Crippen LogP contribution in [0.1, 0.15) is 18.5 Å². The molecule has 102 valence electrons. The molecule has 0 spiro atoms. The SMILES string of the molecule is CNC(C)c1cccc(-c2cc3cccc(Cl)c3o2)c1. The molecule has 0 saturated carbocycles. The van der Waals surface area contributed by atoms with Gasteiger partial charge in [0.25, 0.3) is 0 Å². The molecule has 1 N–H and O–H groups in total. The second kappa shape index (κ2) is 5.31. The summed E-state index contributed by atoms with van der Waals surface area (Å²) in [5, 5.41) is 4.92. The number of nitrogens with one attached hydrogen (secondary N) is 1. The lowest BCUT2D eigenvalue weighted by Crippen LogP contribution is -2.11. The summed E-state index contributed by atoms with van der Waals surface area (Å²) in [5.41, 5.74) is 3.05. The van der Waals surface area contributed by atoms with Crippen molar-refractivity contribution in [3.63, 3.8) is 0 Å². The number of para-hydroxylation sites is 1. The highest BCUT2D eigenvalue weighted by Crippen LogP contribution is 2.32. The Hall–Kier alpha value is -1.77. The molecule has 0 fully saturated rings. The van der Waals surface area contributed by atoms with E-state index in [1.165, 1.54) is 5.56 Å². The van der Waals surface area contributed by atoms with E-state index in [2.05, 4.69) is 30.4 Å². The molecule has 1 aromatic heterocycles. The van der Waals surface area contributed by atoms with Crippen LogP contribution in [0.4, 0.5) is 0 Å². The first-order chi connectivity index (χ1) is 9.69. The van der Waals surface area contributed by atoms with E-state index in [0.29, 0.717) is 11.1 Å². The van der Waals surface area contributed by atoms with Gasteiger partial charge >= 0.3 is 0 Å². The maximum Gasteiger partial charge on any atom is 0.153 e. The van der Waals surface area contributed by atoms with Crippen molar-refractivity contribution in [2.45, 2.75) is 13.0 Å². The Kier molecular flexibility index (Phi) is 3.51. The molecule has 20 heavy (non-hydrogen) atoms. The molecule has 0 aliphatic heterocycles. The van der Waals surface area contributed by atoms with Gasteiger partial charge in [-0.3, -0.25) is 0 Å². The molecule has 2 nitrogen and oxygen atoms in total. The Balaban J connectivity index is 2.09. The number of furan rings is 1. The maximum atomic E-state index is 6.16. The van der Waals surface area contributed by atoms with Crippen molar-refractivity contribution >= 4 is 22.6 Å². The smallest absolute Gasteiger partial charge is 0.153 e. The van der Waals surface area contributed by atoms with Crippen molar-refractivity contribution < 1.29 is 4.42 Å². The van der Waals surface area contributed by atoms with Crippen LogP contribution in [0.3, 0.4) is 0 Å². The summed E-state index contributed by atoms with van der Waals surface area (Å²) in [4.78, 5) is 0. The van der Waals surface area contributed by atoms with Crippen LogP contribution in [0.25, 0.3) is 22.3 Å². The zero-order valence-electron chi connectivity index (χ0n) is 11.5. The summed E-state index contributed by atoms with van der Waals surface area (Å²) < 4.78 is 5.90. The van der Waals surface area contributed by atoms with Gasteiger partial charge in [0, 0.05) is 17.0 Å². The van der Waals surface area contributed by atoms with Gasteiger partial charge in [-0.05, 0) is 37.7 Å². The zero-order chi connectivity index (χ0) is 14.1. The fourth-order valence-corrected chi connectivity index (χ4v) is 2.52. The van der Waals surface area contributed by atoms with Crippen LogP contribution in [0.15, 0.2) is 52.9 Å². The zero-order valence-corrected chi connectivity index (χ0v) is 12.2. The molecule has 0 aliphatic rings. The van der Waals surface area contributed by atoms with Crippen molar-refractivity contribution in [1.82, 2.24) is 5.32 Å². The Morgan fingerprint density at radius 3 is 2.65 bits per heavy atom. The molecule has 3 rings (SSSR count). The molecular weight excluding hydrogens is 270 g/mol. The van der Waals surface area contributed by atoms with Crippen LogP contribution in [-0.4, -0.2) is 7.05 Å². The first kappa shape index (κ1) is 13.2. The van der Waals surface area contributed by atoms with Crippen LogP contribution < -0.4 is 5.32 Å². The molecule has 3 aromatic rings. The number of hydrogen-bond acceptors (Lipinski definition) is 2. The Morgan fingerprint density at radius 1 is 1.10 bits per heavy atom. The average molecular weight is 286 g/mol. The van der Waals surface area contributed by atoms with Crippen LogP contribution in [0.2, 0.25) is 5.02 Å². The van der Waals surface area contributed by atoms with Crippen LogP contribution in [0, 0.1) is 0 Å². The third-order valence-corrected chi connectivity index (χ3v) is 3.90. The molecule has 0 radical (unpaired) electrons. The summed E-state index contributed by atoms with van der Waals surface area (Å²) in [7, 11) is 1.96. The van der Waals surface area contributed by atoms with Gasteiger partial charge in [-0.25, -0.2) is 0 Å².